The first-order valence-corrected chi connectivity index (χ1v) is 19.4. The first-order chi connectivity index (χ1) is 23.6. The molecule has 0 saturated heterocycles. The number of hydrogen-bond acceptors (Lipinski definition) is 0. The van der Waals surface area contributed by atoms with Crippen molar-refractivity contribution in [2.24, 2.45) is 0 Å². The number of aryl methyl sites for hydroxylation is 3. The van der Waals surface area contributed by atoms with Crippen LogP contribution < -0.4 is 52.8 Å². The predicted octanol–water partition coefficient (Wildman–Crippen LogP) is 1.95. The van der Waals surface area contributed by atoms with Crippen LogP contribution >= 0.6 is 0 Å². The van der Waals surface area contributed by atoms with Crippen molar-refractivity contribution >= 4 is 23.6 Å². The molecule has 7 rings (SSSR count). The fraction of sp³-hybridized carbons (Fsp3) is 0.167. The third-order valence-corrected chi connectivity index (χ3v) is 16.8. The average Bonchev–Trinajstić information content (AvgIpc) is 3.32. The Kier molecular flexibility index (Phi) is 14.8. The zero-order valence-electron chi connectivity index (χ0n) is 31.5. The molecule has 0 heterocycles. The molecule has 1 aliphatic rings. The molecule has 6 aromatic rings. The van der Waals surface area contributed by atoms with Crippen molar-refractivity contribution in [2.45, 2.75) is 53.5 Å². The Labute approximate surface area is 352 Å². The Morgan fingerprint density at radius 3 is 0.981 bits per heavy atom. The van der Waals surface area contributed by atoms with Gasteiger partial charge < -0.3 is 37.2 Å². The smallest absolute Gasteiger partial charge is 1.00 e. The molecule has 0 saturated carbocycles. The molecule has 0 aromatic heterocycles. The average molecular weight is 804 g/mol. The first-order valence-electron chi connectivity index (χ1n) is 17.4. The van der Waals surface area contributed by atoms with Gasteiger partial charge in [-0.05, 0) is 86.4 Å². The van der Waals surface area contributed by atoms with E-state index in [1.165, 1.54) is 82.4 Å². The van der Waals surface area contributed by atoms with E-state index in [0.29, 0.717) is 0 Å². The second-order valence-electron chi connectivity index (χ2n) is 14.1. The normalized spacial score (nSPS) is 15.0. The second kappa shape index (κ2) is 17.8. The molecule has 1 atom stereocenters. The monoisotopic (exact) mass is 802 g/mol. The number of allylic oxidation sites excluding steroid dienone is 4. The van der Waals surface area contributed by atoms with Crippen LogP contribution in [0.1, 0.15) is 44.4 Å². The summed E-state index contributed by atoms with van der Waals surface area (Å²) < 4.78 is 0. The number of rotatable bonds is 7. The molecule has 0 bridgehead atoms. The minimum Gasteiger partial charge on any atom is -1.00 e. The Morgan fingerprint density at radius 1 is 0.434 bits per heavy atom. The zero-order chi connectivity index (χ0) is 34.3. The molecule has 1 unspecified atom stereocenters. The van der Waals surface area contributed by atoms with Crippen LogP contribution in [0.4, 0.5) is 0 Å². The summed E-state index contributed by atoms with van der Waals surface area (Å²) in [6.07, 6.45) is 4.17. The van der Waals surface area contributed by atoms with E-state index >= 15 is 0 Å². The van der Waals surface area contributed by atoms with Crippen LogP contribution in [0.2, 0.25) is 5.04 Å². The maximum Gasteiger partial charge on any atom is 4.00 e. The fourth-order valence-electron chi connectivity index (χ4n) is 8.48. The van der Waals surface area contributed by atoms with Crippen LogP contribution in [0, 0.1) is 26.8 Å². The van der Waals surface area contributed by atoms with Gasteiger partial charge in [0.2, 0.25) is 0 Å². The first kappa shape index (κ1) is 44.0. The van der Waals surface area contributed by atoms with Crippen molar-refractivity contribution in [2.75, 3.05) is 0 Å². The van der Waals surface area contributed by atoms with Gasteiger partial charge in [-0.15, -0.1) is 6.92 Å². The standard InChI is InChI=1S/C48H45Si.3ClH.Ti/c1-33-29-42(23-26-45(33)39-17-11-8-12-18-39)49(48(7)32-36(4)37(5)38(48)6,43-24-27-46(34(2)30-43)40-19-13-9-14-20-40)44-25-28-47(35(3)31-44)41-21-15-10-16-22-41;;;;/h8-31H,1-7H3;3*1H;/q-1;;;;+4/p-3. The van der Waals surface area contributed by atoms with Gasteiger partial charge in [0.15, 0.2) is 0 Å². The minimum atomic E-state index is -2.92. The SMILES string of the molecule is CC1=[C-]C(C)([Si](c2ccc(-c3ccccc3)c(C)c2)(c2ccc(-c3ccccc3)c(C)c2)c2ccc(-c3ccccc3)c(C)c2)C(C)=C1C.[Cl-].[Cl-].[Cl-].[Ti+4]. The van der Waals surface area contributed by atoms with Crippen molar-refractivity contribution < 1.29 is 58.9 Å². The summed E-state index contributed by atoms with van der Waals surface area (Å²) in [5.74, 6) is 0. The van der Waals surface area contributed by atoms with Crippen LogP contribution in [-0.2, 0) is 21.7 Å². The number of halogens is 3. The summed E-state index contributed by atoms with van der Waals surface area (Å²) in [7, 11) is -2.92. The van der Waals surface area contributed by atoms with E-state index < -0.39 is 8.07 Å². The quantitative estimate of drug-likeness (QED) is 0.132. The van der Waals surface area contributed by atoms with Crippen LogP contribution in [0.3, 0.4) is 0 Å². The molecule has 6 aromatic carbocycles. The molecular formula is C48H45Cl3SiTi. The summed E-state index contributed by atoms with van der Waals surface area (Å²) in [5, 5.41) is 3.93. The van der Waals surface area contributed by atoms with Crippen LogP contribution in [0.15, 0.2) is 162 Å². The largest absolute Gasteiger partial charge is 4.00 e. The van der Waals surface area contributed by atoms with Gasteiger partial charge in [-0.2, -0.15) is 11.1 Å². The Balaban J connectivity index is 0.00000189. The van der Waals surface area contributed by atoms with Gasteiger partial charge in [0.25, 0.3) is 0 Å². The molecule has 0 aliphatic heterocycles. The molecule has 5 heteroatoms. The molecule has 0 nitrogen and oxygen atoms in total. The molecule has 1 aliphatic carbocycles. The summed E-state index contributed by atoms with van der Waals surface area (Å²) in [5.41, 5.74) is 15.6. The van der Waals surface area contributed by atoms with E-state index in [2.05, 4.69) is 200 Å². The van der Waals surface area contributed by atoms with Crippen molar-refractivity contribution in [1.29, 1.82) is 0 Å². The van der Waals surface area contributed by atoms with E-state index in [9.17, 15) is 0 Å². The van der Waals surface area contributed by atoms with Crippen LogP contribution in [0.5, 0.6) is 0 Å². The summed E-state index contributed by atoms with van der Waals surface area (Å²) in [4.78, 5) is 0. The van der Waals surface area contributed by atoms with Gasteiger partial charge in [-0.25, -0.2) is 5.57 Å². The molecule has 0 spiro atoms. The Morgan fingerprint density at radius 2 is 0.736 bits per heavy atom. The summed E-state index contributed by atoms with van der Waals surface area (Å²) in [6, 6.07) is 54.4. The van der Waals surface area contributed by atoms with Crippen molar-refractivity contribution in [1.82, 2.24) is 0 Å². The summed E-state index contributed by atoms with van der Waals surface area (Å²) >= 11 is 0. The van der Waals surface area contributed by atoms with Crippen LogP contribution in [-0.4, -0.2) is 8.07 Å². The Bertz CT molecular complexity index is 2030. The van der Waals surface area contributed by atoms with Gasteiger partial charge in [-0.3, -0.25) is 6.08 Å². The zero-order valence-corrected chi connectivity index (χ0v) is 36.3. The van der Waals surface area contributed by atoms with Crippen LogP contribution in [0.25, 0.3) is 33.4 Å². The van der Waals surface area contributed by atoms with Gasteiger partial charge in [-0.1, -0.05) is 171 Å². The molecule has 0 N–H and O–H groups in total. The maximum atomic E-state index is 4.17. The molecule has 0 amide bonds. The molecular weight excluding hydrogens is 759 g/mol. The van der Waals surface area contributed by atoms with E-state index in [1.807, 2.05) is 0 Å². The number of benzene rings is 6. The third kappa shape index (κ3) is 7.63. The summed E-state index contributed by atoms with van der Waals surface area (Å²) in [6.45, 7) is 16.2. The number of hydrogen-bond donors (Lipinski definition) is 0. The van der Waals surface area contributed by atoms with Gasteiger partial charge in [0.1, 0.15) is 8.07 Å². The van der Waals surface area contributed by atoms with E-state index in [0.717, 1.165) is 0 Å². The Hall–Kier alpha value is -3.40. The van der Waals surface area contributed by atoms with Crippen molar-refractivity contribution in [3.8, 4) is 33.4 Å². The topological polar surface area (TPSA) is 0 Å². The van der Waals surface area contributed by atoms with Gasteiger partial charge in [0, 0.05) is 0 Å². The molecule has 53 heavy (non-hydrogen) atoms. The van der Waals surface area contributed by atoms with E-state index in [4.69, 9.17) is 0 Å². The molecule has 266 valence electrons. The fourth-order valence-corrected chi connectivity index (χ4v) is 14.6. The van der Waals surface area contributed by atoms with Crippen molar-refractivity contribution in [3.05, 3.63) is 185 Å². The van der Waals surface area contributed by atoms with Gasteiger partial charge in [0.05, 0.1) is 0 Å². The predicted molar refractivity (Wildman–Crippen MR) is 214 cm³/mol. The minimum absolute atomic E-state index is 0. The van der Waals surface area contributed by atoms with Gasteiger partial charge >= 0.3 is 21.7 Å². The second-order valence-corrected chi connectivity index (χ2v) is 18.3. The van der Waals surface area contributed by atoms with E-state index in [1.54, 1.807) is 0 Å². The molecule has 0 fully saturated rings. The maximum absolute atomic E-state index is 4.17. The third-order valence-electron chi connectivity index (χ3n) is 11.3. The molecule has 0 radical (unpaired) electrons. The van der Waals surface area contributed by atoms with E-state index in [-0.39, 0.29) is 64.0 Å². The van der Waals surface area contributed by atoms with Crippen molar-refractivity contribution in [3.63, 3.8) is 0 Å².